The van der Waals surface area contributed by atoms with E-state index in [1.807, 2.05) is 30.0 Å². The summed E-state index contributed by atoms with van der Waals surface area (Å²) in [5.74, 6) is 1.54. The van der Waals surface area contributed by atoms with Crippen molar-refractivity contribution in [3.8, 4) is 11.5 Å². The minimum absolute atomic E-state index is 0.0810. The van der Waals surface area contributed by atoms with E-state index in [9.17, 15) is 9.59 Å². The Morgan fingerprint density at radius 1 is 1.16 bits per heavy atom. The van der Waals surface area contributed by atoms with Crippen molar-refractivity contribution in [1.82, 2.24) is 4.90 Å². The number of amides is 1. The molecule has 1 amide bonds. The molecule has 1 fully saturated rings. The third-order valence-electron chi connectivity index (χ3n) is 4.18. The Kier molecular flexibility index (Phi) is 7.43. The van der Waals surface area contributed by atoms with Crippen LogP contribution in [-0.2, 0) is 14.3 Å². The summed E-state index contributed by atoms with van der Waals surface area (Å²) in [4.78, 5) is 26.9. The molecule has 0 spiro atoms. The number of piperidine rings is 1. The minimum Gasteiger partial charge on any atom is -0.493 e. The summed E-state index contributed by atoms with van der Waals surface area (Å²) in [6.07, 6.45) is 1.34. The molecule has 0 radical (unpaired) electrons. The van der Waals surface area contributed by atoms with Gasteiger partial charge in [0.15, 0.2) is 11.5 Å². The number of carbonyl (C=O) groups is 2. The number of nitrogens with zero attached hydrogens (tertiary/aromatic N) is 1. The predicted octanol–water partition coefficient (Wildman–Crippen LogP) is 2.60. The molecule has 1 heterocycles. The van der Waals surface area contributed by atoms with Gasteiger partial charge in [-0.1, -0.05) is 0 Å². The van der Waals surface area contributed by atoms with Gasteiger partial charge in [-0.3, -0.25) is 9.59 Å². The van der Waals surface area contributed by atoms with E-state index in [0.29, 0.717) is 49.8 Å². The molecule has 7 heteroatoms. The van der Waals surface area contributed by atoms with Gasteiger partial charge in [0.1, 0.15) is 0 Å². The highest BCUT2D eigenvalue weighted by atomic mass is 32.2. The number of thioether (sulfide) groups is 1. The van der Waals surface area contributed by atoms with Crippen LogP contribution in [0.2, 0.25) is 0 Å². The van der Waals surface area contributed by atoms with Crippen LogP contribution >= 0.6 is 11.8 Å². The topological polar surface area (TPSA) is 65.1 Å². The molecule has 0 atom stereocenters. The van der Waals surface area contributed by atoms with Crippen molar-refractivity contribution in [3.05, 3.63) is 18.2 Å². The molecule has 2 rings (SSSR count). The van der Waals surface area contributed by atoms with Crippen molar-refractivity contribution in [2.45, 2.75) is 24.7 Å². The molecular weight excluding hydrogens is 342 g/mol. The maximum Gasteiger partial charge on any atom is 0.309 e. The second kappa shape index (κ2) is 9.56. The lowest BCUT2D eigenvalue weighted by Crippen LogP contribution is -2.41. The summed E-state index contributed by atoms with van der Waals surface area (Å²) in [6, 6.07) is 5.60. The Bertz CT molecular complexity index is 599. The maximum atomic E-state index is 12.4. The first-order valence-electron chi connectivity index (χ1n) is 8.38. The van der Waals surface area contributed by atoms with Crippen molar-refractivity contribution < 1.29 is 23.8 Å². The first kappa shape index (κ1) is 19.4. The lowest BCUT2D eigenvalue weighted by atomic mass is 9.97. The van der Waals surface area contributed by atoms with E-state index in [1.54, 1.807) is 14.2 Å². The number of rotatable bonds is 7. The third-order valence-corrected chi connectivity index (χ3v) is 5.16. The standard InChI is InChI=1S/C18H25NO5S/c1-4-24-18(21)13-7-9-19(10-8-13)17(20)12-25-14-5-6-15(22-2)16(11-14)23-3/h5-6,11,13H,4,7-10,12H2,1-3H3. The van der Waals surface area contributed by atoms with Crippen molar-refractivity contribution in [3.63, 3.8) is 0 Å². The van der Waals surface area contributed by atoms with Gasteiger partial charge in [0.25, 0.3) is 0 Å². The summed E-state index contributed by atoms with van der Waals surface area (Å²) in [7, 11) is 3.18. The maximum absolute atomic E-state index is 12.4. The molecule has 1 aromatic rings. The van der Waals surface area contributed by atoms with E-state index in [1.165, 1.54) is 11.8 Å². The first-order valence-corrected chi connectivity index (χ1v) is 9.36. The third kappa shape index (κ3) is 5.29. The van der Waals surface area contributed by atoms with Crippen LogP contribution in [-0.4, -0.2) is 56.4 Å². The number of carbonyl (C=O) groups excluding carboxylic acids is 2. The highest BCUT2D eigenvalue weighted by Crippen LogP contribution is 2.32. The van der Waals surface area contributed by atoms with Crippen LogP contribution in [0.1, 0.15) is 19.8 Å². The first-order chi connectivity index (χ1) is 12.1. The highest BCUT2D eigenvalue weighted by molar-refractivity contribution is 8.00. The van der Waals surface area contributed by atoms with Crippen molar-refractivity contribution >= 4 is 23.6 Å². The molecule has 0 aliphatic carbocycles. The number of esters is 1. The van der Waals surface area contributed by atoms with Crippen LogP contribution in [0, 0.1) is 5.92 Å². The molecule has 1 saturated heterocycles. The molecular formula is C18H25NO5S. The lowest BCUT2D eigenvalue weighted by molar-refractivity contribution is -0.151. The number of methoxy groups -OCH3 is 2. The molecule has 0 aromatic heterocycles. The molecule has 138 valence electrons. The molecule has 1 aliphatic heterocycles. The summed E-state index contributed by atoms with van der Waals surface area (Å²) < 4.78 is 15.5. The van der Waals surface area contributed by atoms with Gasteiger partial charge in [-0.25, -0.2) is 0 Å². The Morgan fingerprint density at radius 3 is 2.44 bits per heavy atom. The van der Waals surface area contributed by atoms with Crippen LogP contribution in [0.4, 0.5) is 0 Å². The molecule has 1 aromatic carbocycles. The lowest BCUT2D eigenvalue weighted by Gasteiger charge is -2.30. The Balaban J connectivity index is 1.82. The monoisotopic (exact) mass is 367 g/mol. The van der Waals surface area contributed by atoms with Gasteiger partial charge in [-0.2, -0.15) is 0 Å². The van der Waals surface area contributed by atoms with E-state index < -0.39 is 0 Å². The fourth-order valence-electron chi connectivity index (χ4n) is 2.77. The number of hydrogen-bond acceptors (Lipinski definition) is 6. The van der Waals surface area contributed by atoms with Gasteiger partial charge >= 0.3 is 5.97 Å². The van der Waals surface area contributed by atoms with E-state index >= 15 is 0 Å². The molecule has 0 unspecified atom stereocenters. The van der Waals surface area contributed by atoms with Gasteiger partial charge < -0.3 is 19.1 Å². The quantitative estimate of drug-likeness (QED) is 0.545. The summed E-state index contributed by atoms with van der Waals surface area (Å²) in [5.41, 5.74) is 0. The SMILES string of the molecule is CCOC(=O)C1CCN(C(=O)CSc2ccc(OC)c(OC)c2)CC1. The fourth-order valence-corrected chi connectivity index (χ4v) is 3.59. The fraction of sp³-hybridized carbons (Fsp3) is 0.556. The molecule has 25 heavy (non-hydrogen) atoms. The molecule has 1 aliphatic rings. The van der Waals surface area contributed by atoms with Crippen LogP contribution in [0.3, 0.4) is 0 Å². The van der Waals surface area contributed by atoms with E-state index in [2.05, 4.69) is 0 Å². The minimum atomic E-state index is -0.144. The van der Waals surface area contributed by atoms with Crippen LogP contribution in [0.25, 0.3) is 0 Å². The normalized spacial score (nSPS) is 14.9. The Labute approximate surface area is 152 Å². The Morgan fingerprint density at radius 2 is 1.84 bits per heavy atom. The van der Waals surface area contributed by atoms with E-state index in [0.717, 1.165) is 4.90 Å². The van der Waals surface area contributed by atoms with Crippen LogP contribution in [0.15, 0.2) is 23.1 Å². The van der Waals surface area contributed by atoms with Crippen molar-refractivity contribution in [1.29, 1.82) is 0 Å². The van der Waals surface area contributed by atoms with Gasteiger partial charge in [-0.15, -0.1) is 11.8 Å². The van der Waals surface area contributed by atoms with Crippen molar-refractivity contribution in [2.75, 3.05) is 39.7 Å². The zero-order chi connectivity index (χ0) is 18.2. The van der Waals surface area contributed by atoms with E-state index in [-0.39, 0.29) is 17.8 Å². The Hall–Kier alpha value is -1.89. The zero-order valence-corrected chi connectivity index (χ0v) is 15.8. The number of ether oxygens (including phenoxy) is 3. The van der Waals surface area contributed by atoms with Gasteiger partial charge in [0.05, 0.1) is 32.5 Å². The molecule has 0 bridgehead atoms. The number of hydrogen-bond donors (Lipinski definition) is 0. The van der Waals surface area contributed by atoms with Crippen LogP contribution in [0.5, 0.6) is 11.5 Å². The zero-order valence-electron chi connectivity index (χ0n) is 14.9. The largest absolute Gasteiger partial charge is 0.493 e. The van der Waals surface area contributed by atoms with Gasteiger partial charge in [0.2, 0.25) is 5.91 Å². The van der Waals surface area contributed by atoms with Crippen molar-refractivity contribution in [2.24, 2.45) is 5.92 Å². The average Bonchev–Trinajstić information content (AvgIpc) is 2.66. The molecule has 6 nitrogen and oxygen atoms in total. The molecule has 0 saturated carbocycles. The van der Waals surface area contributed by atoms with E-state index in [4.69, 9.17) is 14.2 Å². The predicted molar refractivity (Wildman–Crippen MR) is 96.2 cm³/mol. The summed E-state index contributed by atoms with van der Waals surface area (Å²) in [5, 5.41) is 0. The second-order valence-electron chi connectivity index (χ2n) is 5.71. The smallest absolute Gasteiger partial charge is 0.309 e. The van der Waals surface area contributed by atoms with Crippen LogP contribution < -0.4 is 9.47 Å². The van der Waals surface area contributed by atoms with Gasteiger partial charge in [0, 0.05) is 18.0 Å². The summed E-state index contributed by atoms with van der Waals surface area (Å²) >= 11 is 1.47. The number of likely N-dealkylation sites (tertiary alicyclic amines) is 1. The number of benzene rings is 1. The van der Waals surface area contributed by atoms with Gasteiger partial charge in [-0.05, 0) is 38.0 Å². The molecule has 0 N–H and O–H groups in total. The highest BCUT2D eigenvalue weighted by Gasteiger charge is 2.28. The second-order valence-corrected chi connectivity index (χ2v) is 6.76. The average molecular weight is 367 g/mol. The summed E-state index contributed by atoms with van der Waals surface area (Å²) in [6.45, 7) is 3.42.